The summed E-state index contributed by atoms with van der Waals surface area (Å²) in [6, 6.07) is 5.24. The van der Waals surface area contributed by atoms with Crippen molar-refractivity contribution in [2.24, 2.45) is 0 Å². The number of Topliss-reactive ketones (excluding diaryl/α,β-unsaturated/α-hetero) is 1. The van der Waals surface area contributed by atoms with Crippen molar-refractivity contribution in [3.8, 4) is 0 Å². The van der Waals surface area contributed by atoms with Crippen molar-refractivity contribution in [3.05, 3.63) is 23.8 Å². The Balaban J connectivity index is 2.83. The number of amides is 1. The molecule has 0 bridgehead atoms. The Morgan fingerprint density at radius 1 is 1.20 bits per heavy atom. The number of likely N-dealkylation sites (N-methyl/N-ethyl adjacent to an activating group) is 2. The van der Waals surface area contributed by atoms with E-state index in [9.17, 15) is 9.59 Å². The summed E-state index contributed by atoms with van der Waals surface area (Å²) in [6.45, 7) is 7.10. The fraction of sp³-hybridized carbons (Fsp3) is 0.467. The first-order chi connectivity index (χ1) is 9.40. The number of nitrogens with two attached hydrogens (primary N) is 1. The third-order valence-corrected chi connectivity index (χ3v) is 3.34. The molecule has 0 aliphatic carbocycles. The molecule has 1 aromatic carbocycles. The van der Waals surface area contributed by atoms with Gasteiger partial charge in [-0.1, -0.05) is 0 Å². The number of nitrogens with zero attached hydrogens (tertiary/aromatic N) is 2. The summed E-state index contributed by atoms with van der Waals surface area (Å²) in [4.78, 5) is 27.0. The number of hydrogen-bond acceptors (Lipinski definition) is 4. The summed E-state index contributed by atoms with van der Waals surface area (Å²) >= 11 is 0. The zero-order valence-electron chi connectivity index (χ0n) is 12.6. The Morgan fingerprint density at radius 3 is 2.25 bits per heavy atom. The topological polar surface area (TPSA) is 66.6 Å². The molecule has 0 aromatic heterocycles. The van der Waals surface area contributed by atoms with E-state index in [1.165, 1.54) is 6.92 Å². The molecular formula is C15H23N3O2. The number of nitrogen functional groups attached to an aromatic ring is 1. The normalized spacial score (nSPS) is 10.2. The maximum absolute atomic E-state index is 12.0. The van der Waals surface area contributed by atoms with Gasteiger partial charge in [0.15, 0.2) is 5.78 Å². The van der Waals surface area contributed by atoms with Crippen molar-refractivity contribution in [3.63, 3.8) is 0 Å². The zero-order valence-corrected chi connectivity index (χ0v) is 12.6. The standard InChI is InChI=1S/C15H23N3O2/c1-5-18(6-2)15(20)10-17(4)12-7-8-13(11(3)19)14(16)9-12/h7-9H,5-6,10,16H2,1-4H3. The molecule has 0 radical (unpaired) electrons. The van der Waals surface area contributed by atoms with Gasteiger partial charge in [0.2, 0.25) is 5.91 Å². The predicted octanol–water partition coefficient (Wildman–Crippen LogP) is 1.78. The van der Waals surface area contributed by atoms with E-state index in [2.05, 4.69) is 0 Å². The van der Waals surface area contributed by atoms with Crippen LogP contribution in [0.15, 0.2) is 18.2 Å². The number of carbonyl (C=O) groups excluding carboxylic acids is 2. The lowest BCUT2D eigenvalue weighted by Crippen LogP contribution is -2.38. The molecule has 1 amide bonds. The van der Waals surface area contributed by atoms with E-state index >= 15 is 0 Å². The SMILES string of the molecule is CCN(CC)C(=O)CN(C)c1ccc(C(C)=O)c(N)c1. The Labute approximate surface area is 120 Å². The van der Waals surface area contributed by atoms with E-state index in [0.29, 0.717) is 30.9 Å². The fourth-order valence-electron chi connectivity index (χ4n) is 2.08. The summed E-state index contributed by atoms with van der Waals surface area (Å²) in [5.74, 6) is 0.0163. The van der Waals surface area contributed by atoms with Gasteiger partial charge in [0.05, 0.1) is 6.54 Å². The second-order valence-corrected chi connectivity index (χ2v) is 4.75. The number of ketones is 1. The van der Waals surface area contributed by atoms with E-state index in [0.717, 1.165) is 5.69 Å². The highest BCUT2D eigenvalue weighted by Gasteiger charge is 2.14. The van der Waals surface area contributed by atoms with Crippen LogP contribution in [-0.4, -0.2) is 43.3 Å². The van der Waals surface area contributed by atoms with E-state index in [1.807, 2.05) is 31.9 Å². The second-order valence-electron chi connectivity index (χ2n) is 4.75. The van der Waals surface area contributed by atoms with Crippen LogP contribution < -0.4 is 10.6 Å². The van der Waals surface area contributed by atoms with Crippen LogP contribution in [0, 0.1) is 0 Å². The van der Waals surface area contributed by atoms with Crippen molar-refractivity contribution < 1.29 is 9.59 Å². The average molecular weight is 277 g/mol. The molecule has 110 valence electrons. The summed E-state index contributed by atoms with van der Waals surface area (Å²) in [6.07, 6.45) is 0. The summed E-state index contributed by atoms with van der Waals surface area (Å²) in [7, 11) is 1.84. The maximum Gasteiger partial charge on any atom is 0.242 e. The number of hydrogen-bond donors (Lipinski definition) is 1. The Hall–Kier alpha value is -2.04. The molecule has 0 aliphatic rings. The maximum atomic E-state index is 12.0. The van der Waals surface area contributed by atoms with Crippen LogP contribution in [0.2, 0.25) is 0 Å². The minimum absolute atomic E-state index is 0.0593. The second kappa shape index (κ2) is 6.93. The summed E-state index contributed by atoms with van der Waals surface area (Å²) < 4.78 is 0. The zero-order chi connectivity index (χ0) is 15.3. The van der Waals surface area contributed by atoms with Crippen molar-refractivity contribution in [2.45, 2.75) is 20.8 Å². The van der Waals surface area contributed by atoms with Gasteiger partial charge in [-0.25, -0.2) is 0 Å². The van der Waals surface area contributed by atoms with Gasteiger partial charge in [0, 0.05) is 37.1 Å². The highest BCUT2D eigenvalue weighted by atomic mass is 16.2. The molecule has 0 unspecified atom stereocenters. The molecule has 2 N–H and O–H groups in total. The summed E-state index contributed by atoms with van der Waals surface area (Å²) in [5.41, 5.74) is 7.64. The smallest absolute Gasteiger partial charge is 0.242 e. The lowest BCUT2D eigenvalue weighted by molar-refractivity contribution is -0.129. The van der Waals surface area contributed by atoms with Crippen LogP contribution >= 0.6 is 0 Å². The van der Waals surface area contributed by atoms with Crippen molar-refractivity contribution in [2.75, 3.05) is 37.3 Å². The van der Waals surface area contributed by atoms with Gasteiger partial charge in [-0.2, -0.15) is 0 Å². The molecule has 0 spiro atoms. The molecular weight excluding hydrogens is 254 g/mol. The molecule has 0 saturated carbocycles. The van der Waals surface area contributed by atoms with Crippen molar-refractivity contribution in [1.82, 2.24) is 4.90 Å². The Kier molecular flexibility index (Phi) is 5.55. The fourth-order valence-corrected chi connectivity index (χ4v) is 2.08. The molecule has 0 fully saturated rings. The average Bonchev–Trinajstić information content (AvgIpc) is 2.39. The molecule has 5 nitrogen and oxygen atoms in total. The number of rotatable bonds is 6. The summed E-state index contributed by atoms with van der Waals surface area (Å²) in [5, 5.41) is 0. The van der Waals surface area contributed by atoms with E-state index in [-0.39, 0.29) is 11.7 Å². The first-order valence-corrected chi connectivity index (χ1v) is 6.80. The molecule has 1 aromatic rings. The monoisotopic (exact) mass is 277 g/mol. The molecule has 1 rings (SSSR count). The van der Waals surface area contributed by atoms with Gasteiger partial charge >= 0.3 is 0 Å². The lowest BCUT2D eigenvalue weighted by Gasteiger charge is -2.24. The lowest BCUT2D eigenvalue weighted by atomic mass is 10.1. The highest BCUT2D eigenvalue weighted by Crippen LogP contribution is 2.21. The van der Waals surface area contributed by atoms with Gasteiger partial charge in [-0.15, -0.1) is 0 Å². The quantitative estimate of drug-likeness (QED) is 0.636. The number of carbonyl (C=O) groups is 2. The Bertz CT molecular complexity index is 496. The van der Waals surface area contributed by atoms with Crippen molar-refractivity contribution in [1.29, 1.82) is 0 Å². The van der Waals surface area contributed by atoms with Gasteiger partial charge in [0.1, 0.15) is 0 Å². The first kappa shape index (κ1) is 16.0. The van der Waals surface area contributed by atoms with Crippen LogP contribution in [0.25, 0.3) is 0 Å². The molecule has 20 heavy (non-hydrogen) atoms. The third-order valence-electron chi connectivity index (χ3n) is 3.34. The van der Waals surface area contributed by atoms with Gasteiger partial charge in [0.25, 0.3) is 0 Å². The minimum Gasteiger partial charge on any atom is -0.398 e. The largest absolute Gasteiger partial charge is 0.398 e. The first-order valence-electron chi connectivity index (χ1n) is 6.80. The molecule has 0 atom stereocenters. The predicted molar refractivity (Wildman–Crippen MR) is 82.1 cm³/mol. The van der Waals surface area contributed by atoms with E-state index < -0.39 is 0 Å². The van der Waals surface area contributed by atoms with Crippen LogP contribution in [0.1, 0.15) is 31.1 Å². The van der Waals surface area contributed by atoms with Crippen LogP contribution in [0.5, 0.6) is 0 Å². The number of benzene rings is 1. The van der Waals surface area contributed by atoms with Crippen LogP contribution in [0.4, 0.5) is 11.4 Å². The van der Waals surface area contributed by atoms with Gasteiger partial charge < -0.3 is 15.5 Å². The molecule has 0 heterocycles. The van der Waals surface area contributed by atoms with Crippen LogP contribution in [-0.2, 0) is 4.79 Å². The van der Waals surface area contributed by atoms with Crippen LogP contribution in [0.3, 0.4) is 0 Å². The third kappa shape index (κ3) is 3.73. The van der Waals surface area contributed by atoms with Crippen molar-refractivity contribution >= 4 is 23.1 Å². The molecule has 0 saturated heterocycles. The van der Waals surface area contributed by atoms with E-state index in [1.54, 1.807) is 17.0 Å². The van der Waals surface area contributed by atoms with Gasteiger partial charge in [-0.05, 0) is 39.0 Å². The van der Waals surface area contributed by atoms with E-state index in [4.69, 9.17) is 5.73 Å². The van der Waals surface area contributed by atoms with Gasteiger partial charge in [-0.3, -0.25) is 9.59 Å². The minimum atomic E-state index is -0.0593. The molecule has 5 heteroatoms. The highest BCUT2D eigenvalue weighted by molar-refractivity contribution is 5.99. The molecule has 0 aliphatic heterocycles. The Morgan fingerprint density at radius 2 is 1.80 bits per heavy atom. The number of anilines is 2.